The van der Waals surface area contributed by atoms with Crippen molar-refractivity contribution in [3.8, 4) is 11.9 Å². The van der Waals surface area contributed by atoms with E-state index in [0.29, 0.717) is 24.5 Å². The Hall–Kier alpha value is -2.62. The number of rotatable bonds is 4. The van der Waals surface area contributed by atoms with Crippen LogP contribution in [-0.2, 0) is 4.74 Å². The predicted octanol–water partition coefficient (Wildman–Crippen LogP) is 3.03. The zero-order chi connectivity index (χ0) is 16.9. The zero-order valence-electron chi connectivity index (χ0n) is 12.7. The van der Waals surface area contributed by atoms with Gasteiger partial charge in [-0.25, -0.2) is 4.98 Å². The number of carbonyl (C=O) groups excluding carboxylic acids is 1. The molecule has 1 aliphatic rings. The van der Waals surface area contributed by atoms with Gasteiger partial charge in [-0.15, -0.1) is 0 Å². The SMILES string of the molecule is N#Cc1ccccc1NC(=O)c1cnc(OC2CCOC2)c(Cl)c1. The third-order valence-electron chi connectivity index (χ3n) is 3.53. The summed E-state index contributed by atoms with van der Waals surface area (Å²) >= 11 is 6.15. The van der Waals surface area contributed by atoms with E-state index in [1.165, 1.54) is 12.3 Å². The molecule has 122 valence electrons. The van der Waals surface area contributed by atoms with Crippen LogP contribution in [-0.4, -0.2) is 30.2 Å². The summed E-state index contributed by atoms with van der Waals surface area (Å²) in [5.41, 5.74) is 1.10. The number of pyridine rings is 1. The lowest BCUT2D eigenvalue weighted by Crippen LogP contribution is -2.17. The van der Waals surface area contributed by atoms with Gasteiger partial charge in [0.1, 0.15) is 17.2 Å². The molecule has 6 nitrogen and oxygen atoms in total. The fourth-order valence-corrected chi connectivity index (χ4v) is 2.49. The fraction of sp³-hybridized carbons (Fsp3) is 0.235. The first-order valence-electron chi connectivity index (χ1n) is 7.38. The van der Waals surface area contributed by atoms with Crippen molar-refractivity contribution in [3.63, 3.8) is 0 Å². The van der Waals surface area contributed by atoms with Crippen molar-refractivity contribution in [1.82, 2.24) is 4.98 Å². The minimum atomic E-state index is -0.400. The van der Waals surface area contributed by atoms with E-state index < -0.39 is 5.91 Å². The number of anilines is 1. The number of aromatic nitrogens is 1. The van der Waals surface area contributed by atoms with Gasteiger partial charge in [0.15, 0.2) is 0 Å². The molecule has 0 saturated carbocycles. The number of carbonyl (C=O) groups is 1. The van der Waals surface area contributed by atoms with Crippen LogP contribution in [0.25, 0.3) is 0 Å². The van der Waals surface area contributed by atoms with Crippen molar-refractivity contribution in [3.05, 3.63) is 52.7 Å². The predicted molar refractivity (Wildman–Crippen MR) is 88.2 cm³/mol. The van der Waals surface area contributed by atoms with Crippen LogP contribution in [0.4, 0.5) is 5.69 Å². The average molecular weight is 344 g/mol. The molecule has 0 spiro atoms. The van der Waals surface area contributed by atoms with E-state index in [-0.39, 0.29) is 22.6 Å². The molecule has 1 aromatic heterocycles. The molecule has 1 N–H and O–H groups in total. The largest absolute Gasteiger partial charge is 0.471 e. The molecule has 1 fully saturated rings. The second-order valence-electron chi connectivity index (χ2n) is 5.23. The Morgan fingerprint density at radius 1 is 1.46 bits per heavy atom. The van der Waals surface area contributed by atoms with Crippen molar-refractivity contribution in [2.75, 3.05) is 18.5 Å². The summed E-state index contributed by atoms with van der Waals surface area (Å²) < 4.78 is 10.9. The number of nitrogens with zero attached hydrogens (tertiary/aromatic N) is 2. The topological polar surface area (TPSA) is 84.2 Å². The maximum Gasteiger partial charge on any atom is 0.257 e. The monoisotopic (exact) mass is 343 g/mol. The van der Waals surface area contributed by atoms with Gasteiger partial charge in [0.25, 0.3) is 5.91 Å². The number of para-hydroxylation sites is 1. The summed E-state index contributed by atoms with van der Waals surface area (Å²) in [6, 6.07) is 10.3. The summed E-state index contributed by atoms with van der Waals surface area (Å²) in [5, 5.41) is 12.0. The average Bonchev–Trinajstić information content (AvgIpc) is 3.10. The number of benzene rings is 1. The van der Waals surface area contributed by atoms with Crippen molar-refractivity contribution in [1.29, 1.82) is 5.26 Å². The summed E-state index contributed by atoms with van der Waals surface area (Å²) in [6.07, 6.45) is 2.10. The maximum absolute atomic E-state index is 12.3. The molecule has 1 unspecified atom stereocenters. The Morgan fingerprint density at radius 2 is 2.29 bits per heavy atom. The van der Waals surface area contributed by atoms with E-state index in [0.717, 1.165) is 6.42 Å². The van der Waals surface area contributed by atoms with Gasteiger partial charge in [-0.05, 0) is 18.2 Å². The molecular weight excluding hydrogens is 330 g/mol. The smallest absolute Gasteiger partial charge is 0.257 e. The molecule has 3 rings (SSSR count). The van der Waals surface area contributed by atoms with Crippen molar-refractivity contribution in [2.45, 2.75) is 12.5 Å². The molecular formula is C17H14ClN3O3. The number of hydrogen-bond acceptors (Lipinski definition) is 5. The van der Waals surface area contributed by atoms with E-state index in [2.05, 4.69) is 10.3 Å². The zero-order valence-corrected chi connectivity index (χ0v) is 13.4. The molecule has 1 aliphatic heterocycles. The normalized spacial score (nSPS) is 16.4. The summed E-state index contributed by atoms with van der Waals surface area (Å²) in [5.74, 6) is -0.121. The molecule has 7 heteroatoms. The molecule has 24 heavy (non-hydrogen) atoms. The number of nitrogens with one attached hydrogen (secondary N) is 1. The Bertz CT molecular complexity index is 798. The summed E-state index contributed by atoms with van der Waals surface area (Å²) in [6.45, 7) is 1.16. The van der Waals surface area contributed by atoms with E-state index in [1.54, 1.807) is 24.3 Å². The van der Waals surface area contributed by atoms with Crippen LogP contribution in [0.1, 0.15) is 22.3 Å². The number of amides is 1. The van der Waals surface area contributed by atoms with Crippen molar-refractivity contribution < 1.29 is 14.3 Å². The number of nitriles is 1. The lowest BCUT2D eigenvalue weighted by atomic mass is 10.2. The van der Waals surface area contributed by atoms with Gasteiger partial charge >= 0.3 is 0 Å². The highest BCUT2D eigenvalue weighted by molar-refractivity contribution is 6.32. The number of ether oxygens (including phenoxy) is 2. The Morgan fingerprint density at radius 3 is 3.00 bits per heavy atom. The minimum Gasteiger partial charge on any atom is -0.471 e. The second-order valence-corrected chi connectivity index (χ2v) is 5.63. The second kappa shape index (κ2) is 7.30. The third kappa shape index (κ3) is 3.65. The first-order chi connectivity index (χ1) is 11.7. The van der Waals surface area contributed by atoms with Gasteiger partial charge in [-0.3, -0.25) is 4.79 Å². The van der Waals surface area contributed by atoms with Crippen LogP contribution in [0.15, 0.2) is 36.5 Å². The first kappa shape index (κ1) is 16.2. The molecule has 2 heterocycles. The van der Waals surface area contributed by atoms with E-state index in [9.17, 15) is 4.79 Å². The minimum absolute atomic E-state index is 0.0721. The van der Waals surface area contributed by atoms with Gasteiger partial charge in [0.05, 0.1) is 30.0 Å². The lowest BCUT2D eigenvalue weighted by molar-refractivity contribution is 0.102. The number of hydrogen-bond donors (Lipinski definition) is 1. The molecule has 1 atom stereocenters. The maximum atomic E-state index is 12.3. The van der Waals surface area contributed by atoms with Gasteiger partial charge < -0.3 is 14.8 Å². The van der Waals surface area contributed by atoms with Crippen LogP contribution in [0, 0.1) is 11.3 Å². The molecule has 1 saturated heterocycles. The van der Waals surface area contributed by atoms with Crippen LogP contribution in [0.2, 0.25) is 5.02 Å². The lowest BCUT2D eigenvalue weighted by Gasteiger charge is -2.13. The standard InChI is InChI=1S/C17H14ClN3O3/c18-14-7-12(9-20-17(14)24-13-5-6-23-10-13)16(22)21-15-4-2-1-3-11(15)8-19/h1-4,7,9,13H,5-6,10H2,(H,21,22). The van der Waals surface area contributed by atoms with E-state index in [4.69, 9.17) is 26.3 Å². The molecule has 1 amide bonds. The Kier molecular flexibility index (Phi) is 4.94. The van der Waals surface area contributed by atoms with Crippen LogP contribution in [0.5, 0.6) is 5.88 Å². The third-order valence-corrected chi connectivity index (χ3v) is 3.80. The van der Waals surface area contributed by atoms with Crippen LogP contribution >= 0.6 is 11.6 Å². The van der Waals surface area contributed by atoms with Crippen LogP contribution < -0.4 is 10.1 Å². The summed E-state index contributed by atoms with van der Waals surface area (Å²) in [4.78, 5) is 16.4. The van der Waals surface area contributed by atoms with Gasteiger partial charge in [0.2, 0.25) is 5.88 Å². The highest BCUT2D eigenvalue weighted by Crippen LogP contribution is 2.25. The van der Waals surface area contributed by atoms with Gasteiger partial charge in [-0.1, -0.05) is 23.7 Å². The Labute approximate surface area is 144 Å². The van der Waals surface area contributed by atoms with Crippen LogP contribution in [0.3, 0.4) is 0 Å². The van der Waals surface area contributed by atoms with Gasteiger partial charge in [0, 0.05) is 12.6 Å². The summed E-state index contributed by atoms with van der Waals surface area (Å²) in [7, 11) is 0. The molecule has 1 aromatic carbocycles. The Balaban J connectivity index is 1.73. The van der Waals surface area contributed by atoms with E-state index in [1.807, 2.05) is 6.07 Å². The molecule has 0 aliphatic carbocycles. The van der Waals surface area contributed by atoms with Gasteiger partial charge in [-0.2, -0.15) is 5.26 Å². The molecule has 0 bridgehead atoms. The molecule has 2 aromatic rings. The number of halogens is 1. The van der Waals surface area contributed by atoms with E-state index >= 15 is 0 Å². The quantitative estimate of drug-likeness (QED) is 0.922. The van der Waals surface area contributed by atoms with Crippen molar-refractivity contribution >= 4 is 23.2 Å². The highest BCUT2D eigenvalue weighted by atomic mass is 35.5. The van der Waals surface area contributed by atoms with Crippen molar-refractivity contribution in [2.24, 2.45) is 0 Å². The molecule has 0 radical (unpaired) electrons. The fourth-order valence-electron chi connectivity index (χ4n) is 2.28. The first-order valence-corrected chi connectivity index (χ1v) is 7.75. The highest BCUT2D eigenvalue weighted by Gasteiger charge is 2.20.